The number of hydrogen-bond donors (Lipinski definition) is 0. The molecule has 3 nitrogen and oxygen atoms in total. The van der Waals surface area contributed by atoms with E-state index in [0.29, 0.717) is 22.0 Å². The van der Waals surface area contributed by atoms with E-state index < -0.39 is 6.17 Å². The van der Waals surface area contributed by atoms with Gasteiger partial charge in [0.05, 0.1) is 6.04 Å². The molecule has 0 aliphatic carbocycles. The van der Waals surface area contributed by atoms with Crippen molar-refractivity contribution in [3.8, 4) is 0 Å². The van der Waals surface area contributed by atoms with Gasteiger partial charge in [0.1, 0.15) is 0 Å². The van der Waals surface area contributed by atoms with Crippen LogP contribution in [0.5, 0.6) is 0 Å². The van der Waals surface area contributed by atoms with Crippen LogP contribution in [0.2, 0.25) is 5.02 Å². The van der Waals surface area contributed by atoms with Crippen LogP contribution < -0.4 is 0 Å². The lowest BCUT2D eigenvalue weighted by Crippen LogP contribution is -2.07. The number of halogens is 3. The zero-order chi connectivity index (χ0) is 12.0. The Bertz CT molecular complexity index is 572. The van der Waals surface area contributed by atoms with Gasteiger partial charge in [-0.3, -0.25) is 0 Å². The fraction of sp³-hybridized carbons (Fsp3) is 0.273. The van der Waals surface area contributed by atoms with Gasteiger partial charge in [-0.05, 0) is 27.6 Å². The van der Waals surface area contributed by atoms with Crippen molar-refractivity contribution in [2.24, 2.45) is 0 Å². The Labute approximate surface area is 111 Å². The lowest BCUT2D eigenvalue weighted by atomic mass is 10.0. The fourth-order valence-corrected chi connectivity index (χ4v) is 2.77. The third kappa shape index (κ3) is 1.77. The van der Waals surface area contributed by atoms with Crippen molar-refractivity contribution in [3.63, 3.8) is 0 Å². The first kappa shape index (κ1) is 11.2. The first-order chi connectivity index (χ1) is 8.16. The van der Waals surface area contributed by atoms with Gasteiger partial charge in [-0.15, -0.1) is 5.10 Å². The molecule has 2 aromatic rings. The summed E-state index contributed by atoms with van der Waals surface area (Å²) in [4.78, 5) is 4.03. The summed E-state index contributed by atoms with van der Waals surface area (Å²) in [5.41, 5.74) is 0.882. The summed E-state index contributed by atoms with van der Waals surface area (Å²) in [5.74, 6) is 0.363. The molecule has 1 aliphatic rings. The van der Waals surface area contributed by atoms with Crippen molar-refractivity contribution in [2.75, 3.05) is 0 Å². The molecule has 0 saturated carbocycles. The highest BCUT2D eigenvalue weighted by Gasteiger charge is 2.35. The van der Waals surface area contributed by atoms with Crippen molar-refractivity contribution in [3.05, 3.63) is 45.4 Å². The lowest BCUT2D eigenvalue weighted by molar-refractivity contribution is 0.328. The van der Waals surface area contributed by atoms with Crippen molar-refractivity contribution in [2.45, 2.75) is 18.6 Å². The number of aromatic nitrogens is 3. The van der Waals surface area contributed by atoms with E-state index in [1.54, 1.807) is 10.7 Å². The summed E-state index contributed by atoms with van der Waals surface area (Å²) < 4.78 is 15.8. The predicted molar refractivity (Wildman–Crippen MR) is 65.8 cm³/mol. The van der Waals surface area contributed by atoms with Crippen LogP contribution in [0.3, 0.4) is 0 Å². The van der Waals surface area contributed by atoms with Crippen molar-refractivity contribution in [1.29, 1.82) is 0 Å². The molecule has 2 atom stereocenters. The molecule has 3 rings (SSSR count). The van der Waals surface area contributed by atoms with Gasteiger partial charge in [-0.1, -0.05) is 29.8 Å². The second-order valence-corrected chi connectivity index (χ2v) is 5.04. The van der Waals surface area contributed by atoms with Crippen LogP contribution in [-0.4, -0.2) is 14.8 Å². The van der Waals surface area contributed by atoms with Crippen LogP contribution in [0.4, 0.5) is 4.39 Å². The summed E-state index contributed by atoms with van der Waals surface area (Å²) in [7, 11) is 0. The van der Waals surface area contributed by atoms with Crippen molar-refractivity contribution >= 4 is 27.5 Å². The second kappa shape index (κ2) is 4.07. The minimum absolute atomic E-state index is 0.174. The average Bonchev–Trinajstić information content (AvgIpc) is 2.80. The van der Waals surface area contributed by atoms with Crippen LogP contribution >= 0.6 is 27.5 Å². The highest BCUT2D eigenvalue weighted by molar-refractivity contribution is 9.10. The van der Waals surface area contributed by atoms with E-state index in [4.69, 9.17) is 11.6 Å². The van der Waals surface area contributed by atoms with E-state index in [2.05, 4.69) is 26.0 Å². The molecular weight excluding hydrogens is 308 g/mol. The second-order valence-electron chi connectivity index (χ2n) is 3.92. The molecule has 1 aromatic carbocycles. The summed E-state index contributed by atoms with van der Waals surface area (Å²) in [6.07, 6.45) is -0.748. The van der Waals surface area contributed by atoms with Crippen LogP contribution in [-0.2, 0) is 0 Å². The maximum atomic E-state index is 13.8. The number of hydrogen-bond acceptors (Lipinski definition) is 2. The van der Waals surface area contributed by atoms with Gasteiger partial charge in [0.25, 0.3) is 0 Å². The maximum absolute atomic E-state index is 13.8. The minimum atomic E-state index is -1.09. The number of fused-ring (bicyclic) bond motifs is 1. The van der Waals surface area contributed by atoms with Gasteiger partial charge in [0.15, 0.2) is 12.0 Å². The fourth-order valence-electron chi connectivity index (χ4n) is 2.16. The zero-order valence-corrected chi connectivity index (χ0v) is 11.0. The van der Waals surface area contributed by atoms with Gasteiger partial charge in [0, 0.05) is 11.4 Å². The van der Waals surface area contributed by atoms with Gasteiger partial charge >= 0.3 is 0 Å². The standard InChI is InChI=1S/C11H8BrClFN3/c12-11-15-10-8(14)5-9(17(10)16-11)6-3-1-2-4-7(6)13/h1-4,8-9H,5H2/t8-,9-/m0/s1. The zero-order valence-electron chi connectivity index (χ0n) is 8.65. The highest BCUT2D eigenvalue weighted by Crippen LogP contribution is 2.41. The Morgan fingerprint density at radius 2 is 2.18 bits per heavy atom. The number of alkyl halides is 1. The molecular formula is C11H8BrClFN3. The molecule has 0 N–H and O–H groups in total. The van der Waals surface area contributed by atoms with Gasteiger partial charge in [0.2, 0.25) is 4.73 Å². The van der Waals surface area contributed by atoms with Crippen molar-refractivity contribution in [1.82, 2.24) is 14.8 Å². The van der Waals surface area contributed by atoms with Gasteiger partial charge in [-0.2, -0.15) is 0 Å². The molecule has 0 spiro atoms. The third-order valence-electron chi connectivity index (χ3n) is 2.90. The number of rotatable bonds is 1. The van der Waals surface area contributed by atoms with E-state index in [9.17, 15) is 4.39 Å². The summed E-state index contributed by atoms with van der Waals surface area (Å²) in [6, 6.07) is 7.26. The molecule has 0 saturated heterocycles. The quantitative estimate of drug-likeness (QED) is 0.803. The van der Waals surface area contributed by atoms with Gasteiger partial charge < -0.3 is 0 Å². The Morgan fingerprint density at radius 3 is 2.94 bits per heavy atom. The Balaban J connectivity index is 2.10. The van der Waals surface area contributed by atoms with Gasteiger partial charge in [-0.25, -0.2) is 14.1 Å². The smallest absolute Gasteiger partial charge is 0.217 e. The van der Waals surface area contributed by atoms with Crippen LogP contribution in [0.1, 0.15) is 30.0 Å². The molecule has 0 unspecified atom stereocenters. The molecule has 6 heteroatoms. The molecule has 0 radical (unpaired) electrons. The largest absolute Gasteiger partial charge is 0.239 e. The maximum Gasteiger partial charge on any atom is 0.217 e. The summed E-state index contributed by atoms with van der Waals surface area (Å²) in [6.45, 7) is 0. The molecule has 1 aromatic heterocycles. The van der Waals surface area contributed by atoms with Crippen LogP contribution in [0, 0.1) is 0 Å². The number of nitrogens with zero attached hydrogens (tertiary/aromatic N) is 3. The highest BCUT2D eigenvalue weighted by atomic mass is 79.9. The molecule has 1 aliphatic heterocycles. The number of benzene rings is 1. The molecule has 88 valence electrons. The first-order valence-electron chi connectivity index (χ1n) is 5.17. The SMILES string of the molecule is F[C@H]1C[C@@H](c2ccccc2Cl)n2nc(Br)nc21. The summed E-state index contributed by atoms with van der Waals surface area (Å²) >= 11 is 9.29. The molecule has 0 bridgehead atoms. The Kier molecular flexibility index (Phi) is 2.67. The Morgan fingerprint density at radius 1 is 1.41 bits per heavy atom. The van der Waals surface area contributed by atoms with E-state index >= 15 is 0 Å². The molecule has 2 heterocycles. The Hall–Kier alpha value is -0.940. The minimum Gasteiger partial charge on any atom is -0.239 e. The van der Waals surface area contributed by atoms with E-state index in [1.165, 1.54) is 0 Å². The first-order valence-corrected chi connectivity index (χ1v) is 6.34. The van der Waals surface area contributed by atoms with E-state index in [-0.39, 0.29) is 6.04 Å². The van der Waals surface area contributed by atoms with E-state index in [1.807, 2.05) is 18.2 Å². The monoisotopic (exact) mass is 315 g/mol. The molecule has 0 amide bonds. The average molecular weight is 317 g/mol. The predicted octanol–water partition coefficient (Wildman–Crippen LogP) is 3.70. The van der Waals surface area contributed by atoms with Crippen LogP contribution in [0.25, 0.3) is 0 Å². The topological polar surface area (TPSA) is 30.7 Å². The van der Waals surface area contributed by atoms with E-state index in [0.717, 1.165) is 5.56 Å². The normalized spacial score (nSPS) is 22.8. The molecule has 17 heavy (non-hydrogen) atoms. The third-order valence-corrected chi connectivity index (χ3v) is 3.58. The summed E-state index contributed by atoms with van der Waals surface area (Å²) in [5, 5.41) is 4.79. The lowest BCUT2D eigenvalue weighted by Gasteiger charge is -2.12. The molecule has 0 fully saturated rings. The van der Waals surface area contributed by atoms with Crippen molar-refractivity contribution < 1.29 is 4.39 Å². The van der Waals surface area contributed by atoms with Crippen LogP contribution in [0.15, 0.2) is 29.0 Å².